The number of hydrogen-bond acceptors (Lipinski definition) is 3. The number of nitrogens with zero attached hydrogens (tertiary/aromatic N) is 1. The highest BCUT2D eigenvalue weighted by atomic mass is 32.2. The Morgan fingerprint density at radius 3 is 2.55 bits per heavy atom. The van der Waals surface area contributed by atoms with Crippen LogP contribution in [0.5, 0.6) is 0 Å². The number of halogens is 1. The SMILES string of the molecule is CCN(CC)S(=O)(=O)CC(=O)N[C@@H]1C[C@@H]1c1ccccc1F. The van der Waals surface area contributed by atoms with Gasteiger partial charge in [-0.1, -0.05) is 32.0 Å². The predicted octanol–water partition coefficient (Wildman–Crippen LogP) is 1.47. The quantitative estimate of drug-likeness (QED) is 0.824. The first kappa shape index (κ1) is 16.9. The number of nitrogens with one attached hydrogen (secondary N) is 1. The number of sulfonamides is 1. The number of hydrogen-bond donors (Lipinski definition) is 1. The lowest BCUT2D eigenvalue weighted by Crippen LogP contribution is -2.40. The highest BCUT2D eigenvalue weighted by molar-refractivity contribution is 7.89. The van der Waals surface area contributed by atoms with Gasteiger partial charge >= 0.3 is 0 Å². The van der Waals surface area contributed by atoms with Crippen LogP contribution in [0.25, 0.3) is 0 Å². The van der Waals surface area contributed by atoms with Gasteiger partial charge in [-0.2, -0.15) is 0 Å². The van der Waals surface area contributed by atoms with Crippen molar-refractivity contribution in [1.82, 2.24) is 9.62 Å². The molecule has 0 aromatic heterocycles. The molecule has 1 N–H and O–H groups in total. The molecule has 0 unspecified atom stereocenters. The summed E-state index contributed by atoms with van der Waals surface area (Å²) in [7, 11) is -3.58. The zero-order valence-corrected chi connectivity index (χ0v) is 13.6. The molecule has 0 spiro atoms. The Morgan fingerprint density at radius 1 is 1.32 bits per heavy atom. The average molecular weight is 328 g/mol. The van der Waals surface area contributed by atoms with Gasteiger partial charge < -0.3 is 5.32 Å². The summed E-state index contributed by atoms with van der Waals surface area (Å²) in [6, 6.07) is 6.26. The average Bonchev–Trinajstić information content (AvgIpc) is 3.18. The minimum atomic E-state index is -3.58. The van der Waals surface area contributed by atoms with E-state index in [1.807, 2.05) is 0 Å². The van der Waals surface area contributed by atoms with Crippen LogP contribution in [0.4, 0.5) is 4.39 Å². The molecular formula is C15H21FN2O3S. The molecule has 0 radical (unpaired) electrons. The minimum absolute atomic E-state index is 0.0682. The maximum Gasteiger partial charge on any atom is 0.236 e. The van der Waals surface area contributed by atoms with Crippen LogP contribution < -0.4 is 5.32 Å². The number of carbonyl (C=O) groups excluding carboxylic acids is 1. The van der Waals surface area contributed by atoms with Crippen molar-refractivity contribution in [2.75, 3.05) is 18.8 Å². The highest BCUT2D eigenvalue weighted by Gasteiger charge is 2.41. The fourth-order valence-electron chi connectivity index (χ4n) is 2.60. The zero-order chi connectivity index (χ0) is 16.3. The van der Waals surface area contributed by atoms with Crippen molar-refractivity contribution in [3.8, 4) is 0 Å². The van der Waals surface area contributed by atoms with E-state index in [4.69, 9.17) is 0 Å². The third kappa shape index (κ3) is 3.84. The largest absolute Gasteiger partial charge is 0.352 e. The molecule has 2 rings (SSSR count). The molecule has 1 amide bonds. The van der Waals surface area contributed by atoms with Crippen LogP contribution in [0.3, 0.4) is 0 Å². The van der Waals surface area contributed by atoms with Crippen molar-refractivity contribution < 1.29 is 17.6 Å². The van der Waals surface area contributed by atoms with Crippen molar-refractivity contribution in [2.45, 2.75) is 32.2 Å². The Bertz CT molecular complexity index is 644. The van der Waals surface area contributed by atoms with Crippen LogP contribution in [0, 0.1) is 5.82 Å². The van der Waals surface area contributed by atoms with Gasteiger partial charge in [0, 0.05) is 25.0 Å². The van der Waals surface area contributed by atoms with Gasteiger partial charge in [-0.15, -0.1) is 0 Å². The Kier molecular flexibility index (Phi) is 5.18. The summed E-state index contributed by atoms with van der Waals surface area (Å²) in [4.78, 5) is 11.9. The molecule has 0 heterocycles. The summed E-state index contributed by atoms with van der Waals surface area (Å²) < 4.78 is 38.9. The van der Waals surface area contributed by atoms with Gasteiger partial charge in [-0.3, -0.25) is 4.79 Å². The topological polar surface area (TPSA) is 66.5 Å². The zero-order valence-electron chi connectivity index (χ0n) is 12.8. The second-order valence-electron chi connectivity index (χ2n) is 5.38. The smallest absolute Gasteiger partial charge is 0.236 e. The van der Waals surface area contributed by atoms with E-state index in [-0.39, 0.29) is 17.8 Å². The molecule has 0 saturated heterocycles. The van der Waals surface area contributed by atoms with Gasteiger partial charge in [-0.05, 0) is 18.1 Å². The molecule has 5 nitrogen and oxygen atoms in total. The first-order chi connectivity index (χ1) is 10.4. The summed E-state index contributed by atoms with van der Waals surface area (Å²) in [6.07, 6.45) is 0.637. The van der Waals surface area contributed by atoms with E-state index in [1.165, 1.54) is 10.4 Å². The molecule has 0 bridgehead atoms. The maximum atomic E-state index is 13.6. The number of benzene rings is 1. The Labute approximate surface area is 130 Å². The molecule has 1 aromatic rings. The van der Waals surface area contributed by atoms with Gasteiger partial charge in [-0.25, -0.2) is 17.1 Å². The lowest BCUT2D eigenvalue weighted by molar-refractivity contribution is -0.118. The van der Waals surface area contributed by atoms with Crippen LogP contribution in [0.2, 0.25) is 0 Å². The Morgan fingerprint density at radius 2 is 1.95 bits per heavy atom. The Hall–Kier alpha value is -1.47. The third-order valence-electron chi connectivity index (χ3n) is 3.85. The molecule has 22 heavy (non-hydrogen) atoms. The molecule has 0 aliphatic heterocycles. The summed E-state index contributed by atoms with van der Waals surface area (Å²) in [5.74, 6) is -1.45. The van der Waals surface area contributed by atoms with Crippen molar-refractivity contribution in [1.29, 1.82) is 0 Å². The van der Waals surface area contributed by atoms with E-state index in [0.717, 1.165) is 0 Å². The highest BCUT2D eigenvalue weighted by Crippen LogP contribution is 2.41. The molecule has 1 aliphatic rings. The first-order valence-corrected chi connectivity index (χ1v) is 9.01. The molecule has 1 fully saturated rings. The van der Waals surface area contributed by atoms with Crippen LogP contribution in [0.15, 0.2) is 24.3 Å². The van der Waals surface area contributed by atoms with Gasteiger partial charge in [0.25, 0.3) is 0 Å². The molecule has 1 aliphatic carbocycles. The lowest BCUT2D eigenvalue weighted by Gasteiger charge is -2.17. The molecular weight excluding hydrogens is 307 g/mol. The second-order valence-corrected chi connectivity index (χ2v) is 7.35. The fraction of sp³-hybridized carbons (Fsp3) is 0.533. The van der Waals surface area contributed by atoms with E-state index in [2.05, 4.69) is 5.32 Å². The molecule has 7 heteroatoms. The van der Waals surface area contributed by atoms with Gasteiger partial charge in [0.1, 0.15) is 11.6 Å². The van der Waals surface area contributed by atoms with Gasteiger partial charge in [0.15, 0.2) is 0 Å². The third-order valence-corrected chi connectivity index (χ3v) is 5.78. The summed E-state index contributed by atoms with van der Waals surface area (Å²) in [6.45, 7) is 4.14. The lowest BCUT2D eigenvalue weighted by atomic mass is 10.1. The second kappa shape index (κ2) is 6.75. The van der Waals surface area contributed by atoms with Crippen LogP contribution in [-0.2, 0) is 14.8 Å². The van der Waals surface area contributed by atoms with Crippen molar-refractivity contribution in [3.05, 3.63) is 35.6 Å². The van der Waals surface area contributed by atoms with Crippen molar-refractivity contribution in [3.63, 3.8) is 0 Å². The van der Waals surface area contributed by atoms with Gasteiger partial charge in [0.05, 0.1) is 0 Å². The molecule has 2 atom stereocenters. The summed E-state index contributed by atoms with van der Waals surface area (Å²) in [5, 5.41) is 2.68. The van der Waals surface area contributed by atoms with Crippen molar-refractivity contribution >= 4 is 15.9 Å². The predicted molar refractivity (Wildman–Crippen MR) is 82.4 cm³/mol. The van der Waals surface area contributed by atoms with E-state index < -0.39 is 21.7 Å². The summed E-state index contributed by atoms with van der Waals surface area (Å²) >= 11 is 0. The van der Waals surface area contributed by atoms with Crippen LogP contribution in [0.1, 0.15) is 31.7 Å². The number of amides is 1. The summed E-state index contributed by atoms with van der Waals surface area (Å²) in [5.41, 5.74) is 0.569. The molecule has 1 aromatic carbocycles. The fourth-order valence-corrected chi connectivity index (χ4v) is 3.98. The van der Waals surface area contributed by atoms with E-state index >= 15 is 0 Å². The Balaban J connectivity index is 1.91. The van der Waals surface area contributed by atoms with E-state index in [1.54, 1.807) is 32.0 Å². The molecule has 122 valence electrons. The standard InChI is InChI=1S/C15H21FN2O3S/c1-3-18(4-2)22(20,21)10-15(19)17-14-9-12(14)11-7-5-6-8-13(11)16/h5-8,12,14H,3-4,9-10H2,1-2H3,(H,17,19)/t12-,14-/m1/s1. The number of rotatable bonds is 7. The number of carbonyl (C=O) groups is 1. The normalized spacial score (nSPS) is 20.9. The van der Waals surface area contributed by atoms with Crippen LogP contribution in [-0.4, -0.2) is 43.5 Å². The van der Waals surface area contributed by atoms with E-state index in [9.17, 15) is 17.6 Å². The molecule has 1 saturated carbocycles. The monoisotopic (exact) mass is 328 g/mol. The van der Waals surface area contributed by atoms with Crippen LogP contribution >= 0.6 is 0 Å². The van der Waals surface area contributed by atoms with E-state index in [0.29, 0.717) is 25.1 Å². The minimum Gasteiger partial charge on any atom is -0.352 e. The van der Waals surface area contributed by atoms with Gasteiger partial charge in [0.2, 0.25) is 15.9 Å². The first-order valence-electron chi connectivity index (χ1n) is 7.40. The van der Waals surface area contributed by atoms with Crippen molar-refractivity contribution in [2.24, 2.45) is 0 Å². The maximum absolute atomic E-state index is 13.6.